The Kier molecular flexibility index (Phi) is 5.12. The third kappa shape index (κ3) is 4.41. The highest BCUT2D eigenvalue weighted by atomic mass is 19.4. The Hall–Kier alpha value is -3.30. The van der Waals surface area contributed by atoms with Crippen LogP contribution in [0.25, 0.3) is 17.0 Å². The molecule has 0 fully saturated rings. The van der Waals surface area contributed by atoms with E-state index in [1.165, 1.54) is 0 Å². The Bertz CT molecular complexity index is 1090. The molecule has 0 atom stereocenters. The van der Waals surface area contributed by atoms with Gasteiger partial charge in [-0.2, -0.15) is 26.3 Å². The normalized spacial score (nSPS) is 12.7. The fourth-order valence-corrected chi connectivity index (χ4v) is 2.72. The molecule has 3 nitrogen and oxygen atoms in total. The van der Waals surface area contributed by atoms with Gasteiger partial charge in [0.1, 0.15) is 5.82 Å². The molecule has 0 saturated heterocycles. The second kappa shape index (κ2) is 7.26. The van der Waals surface area contributed by atoms with Crippen LogP contribution < -0.4 is 5.32 Å². The van der Waals surface area contributed by atoms with Gasteiger partial charge in [-0.1, -0.05) is 6.07 Å². The first-order valence-electron chi connectivity index (χ1n) is 8.00. The van der Waals surface area contributed by atoms with Crippen LogP contribution in [0.2, 0.25) is 0 Å². The Morgan fingerprint density at radius 2 is 1.69 bits per heavy atom. The number of H-pyrrole nitrogens is 1. The van der Waals surface area contributed by atoms with Gasteiger partial charge in [0, 0.05) is 28.9 Å². The van der Waals surface area contributed by atoms with Crippen LogP contribution in [-0.4, -0.2) is 10.9 Å². The molecule has 3 aromatic rings. The lowest BCUT2D eigenvalue weighted by Gasteiger charge is -2.16. The maximum absolute atomic E-state index is 13.9. The van der Waals surface area contributed by atoms with Crippen molar-refractivity contribution in [2.75, 3.05) is 5.32 Å². The fourth-order valence-electron chi connectivity index (χ4n) is 2.72. The zero-order chi connectivity index (χ0) is 21.4. The van der Waals surface area contributed by atoms with Crippen molar-refractivity contribution in [3.8, 4) is 0 Å². The predicted molar refractivity (Wildman–Crippen MR) is 92.4 cm³/mol. The van der Waals surface area contributed by atoms with Crippen LogP contribution in [0.5, 0.6) is 0 Å². The van der Waals surface area contributed by atoms with Crippen LogP contribution >= 0.6 is 0 Å². The maximum atomic E-state index is 13.9. The minimum absolute atomic E-state index is 0.196. The van der Waals surface area contributed by atoms with E-state index in [1.807, 2.05) is 0 Å². The van der Waals surface area contributed by atoms with Crippen molar-refractivity contribution in [1.29, 1.82) is 0 Å². The number of alkyl halides is 6. The van der Waals surface area contributed by atoms with Crippen molar-refractivity contribution in [2.24, 2.45) is 0 Å². The largest absolute Gasteiger partial charge is 0.419 e. The highest BCUT2D eigenvalue weighted by Crippen LogP contribution is 2.40. The zero-order valence-corrected chi connectivity index (χ0v) is 14.3. The molecule has 0 aliphatic heterocycles. The lowest BCUT2D eigenvalue weighted by atomic mass is 10.0. The summed E-state index contributed by atoms with van der Waals surface area (Å²) in [4.78, 5) is 14.9. The van der Waals surface area contributed by atoms with Gasteiger partial charge in [-0.3, -0.25) is 4.79 Å². The summed E-state index contributed by atoms with van der Waals surface area (Å²) in [6.07, 6.45) is -7.72. The molecule has 1 amide bonds. The highest BCUT2D eigenvalue weighted by Gasteiger charge is 2.42. The minimum atomic E-state index is -5.39. The van der Waals surface area contributed by atoms with Crippen molar-refractivity contribution in [1.82, 2.24) is 4.98 Å². The zero-order valence-electron chi connectivity index (χ0n) is 14.3. The Labute approximate surface area is 158 Å². The number of carbonyl (C=O) groups excluding carboxylic acids is 1. The Balaban J connectivity index is 1.88. The number of benzene rings is 2. The molecule has 0 radical (unpaired) electrons. The number of hydrogen-bond donors (Lipinski definition) is 2. The summed E-state index contributed by atoms with van der Waals surface area (Å²) in [7, 11) is 0. The Morgan fingerprint density at radius 1 is 0.966 bits per heavy atom. The first kappa shape index (κ1) is 20.4. The smallest absolute Gasteiger partial charge is 0.361 e. The number of anilines is 1. The average molecular weight is 416 g/mol. The third-order valence-electron chi connectivity index (χ3n) is 4.00. The molecule has 0 unspecified atom stereocenters. The second-order valence-corrected chi connectivity index (χ2v) is 5.99. The van der Waals surface area contributed by atoms with Crippen LogP contribution in [-0.2, 0) is 17.1 Å². The first-order valence-corrected chi connectivity index (χ1v) is 8.00. The van der Waals surface area contributed by atoms with Crippen LogP contribution in [0.1, 0.15) is 16.7 Å². The molecule has 29 heavy (non-hydrogen) atoms. The van der Waals surface area contributed by atoms with Gasteiger partial charge in [0.25, 0.3) is 0 Å². The van der Waals surface area contributed by atoms with Crippen LogP contribution in [0.3, 0.4) is 0 Å². The van der Waals surface area contributed by atoms with E-state index in [0.717, 1.165) is 10.9 Å². The number of aromatic nitrogens is 1. The van der Waals surface area contributed by atoms with Gasteiger partial charge in [-0.05, 0) is 42.0 Å². The lowest BCUT2D eigenvalue weighted by molar-refractivity contribution is -0.147. The molecule has 0 aliphatic rings. The molecule has 10 heteroatoms. The maximum Gasteiger partial charge on any atom is 0.419 e. The molecular formula is C19H11F7N2O. The SMILES string of the molecule is O=C(/C=C/c1ccc(C(F)(F)F)c(F)c1C(F)(F)F)Nc1ccc2[nH]ccc2c1. The van der Waals surface area contributed by atoms with E-state index < -0.39 is 40.8 Å². The number of halogens is 7. The Morgan fingerprint density at radius 3 is 2.34 bits per heavy atom. The van der Waals surface area contributed by atoms with Gasteiger partial charge >= 0.3 is 12.4 Å². The van der Waals surface area contributed by atoms with Crippen molar-refractivity contribution in [3.05, 3.63) is 71.2 Å². The number of nitrogens with one attached hydrogen (secondary N) is 2. The number of amides is 1. The summed E-state index contributed by atoms with van der Waals surface area (Å²) in [5.74, 6) is -3.28. The van der Waals surface area contributed by atoms with E-state index >= 15 is 0 Å². The fraction of sp³-hybridized carbons (Fsp3) is 0.105. The monoisotopic (exact) mass is 416 g/mol. The lowest BCUT2D eigenvalue weighted by Crippen LogP contribution is -2.17. The van der Waals surface area contributed by atoms with E-state index in [2.05, 4.69) is 10.3 Å². The molecule has 0 spiro atoms. The standard InChI is InChI=1S/C19H11F7N2O/c20-17-13(18(21,22)23)4-1-10(16(17)19(24,25)26)2-6-15(29)28-12-3-5-14-11(9-12)7-8-27-14/h1-9,27H,(H,28,29)/b6-2+. The molecule has 1 aromatic heterocycles. The van der Waals surface area contributed by atoms with Crippen molar-refractivity contribution >= 4 is 28.6 Å². The summed E-state index contributed by atoms with van der Waals surface area (Å²) in [5.41, 5.74) is -3.88. The average Bonchev–Trinajstić information content (AvgIpc) is 3.05. The summed E-state index contributed by atoms with van der Waals surface area (Å²) < 4.78 is 91.4. The van der Waals surface area contributed by atoms with Crippen molar-refractivity contribution in [3.63, 3.8) is 0 Å². The van der Waals surface area contributed by atoms with Gasteiger partial charge in [-0.15, -0.1) is 0 Å². The van der Waals surface area contributed by atoms with Gasteiger partial charge in [0.05, 0.1) is 11.1 Å². The van der Waals surface area contributed by atoms with Crippen LogP contribution in [0.4, 0.5) is 36.4 Å². The van der Waals surface area contributed by atoms with Gasteiger partial charge in [-0.25, -0.2) is 4.39 Å². The summed E-state index contributed by atoms with van der Waals surface area (Å²) in [6, 6.07) is 7.22. The molecule has 3 rings (SSSR count). The van der Waals surface area contributed by atoms with Gasteiger partial charge in [0.2, 0.25) is 5.91 Å². The molecule has 0 aliphatic carbocycles. The van der Waals surface area contributed by atoms with Crippen molar-refractivity contribution < 1.29 is 35.5 Å². The summed E-state index contributed by atoms with van der Waals surface area (Å²) in [5, 5.41) is 3.18. The van der Waals surface area contributed by atoms with E-state index in [4.69, 9.17) is 0 Å². The van der Waals surface area contributed by atoms with Crippen LogP contribution in [0.15, 0.2) is 48.7 Å². The first-order chi connectivity index (χ1) is 13.5. The van der Waals surface area contributed by atoms with Gasteiger partial charge in [0.15, 0.2) is 0 Å². The number of hydrogen-bond acceptors (Lipinski definition) is 1. The summed E-state index contributed by atoms with van der Waals surface area (Å²) in [6.45, 7) is 0. The van der Waals surface area contributed by atoms with Crippen molar-refractivity contribution in [2.45, 2.75) is 12.4 Å². The number of fused-ring (bicyclic) bond motifs is 1. The topological polar surface area (TPSA) is 44.9 Å². The number of carbonyl (C=O) groups is 1. The van der Waals surface area contributed by atoms with Crippen LogP contribution in [0, 0.1) is 5.82 Å². The predicted octanol–water partition coefficient (Wildman–Crippen LogP) is 6.00. The number of rotatable bonds is 3. The molecule has 0 bridgehead atoms. The minimum Gasteiger partial charge on any atom is -0.361 e. The summed E-state index contributed by atoms with van der Waals surface area (Å²) >= 11 is 0. The molecule has 1 heterocycles. The van der Waals surface area contributed by atoms with E-state index in [1.54, 1.807) is 30.5 Å². The quantitative estimate of drug-likeness (QED) is 0.400. The molecule has 0 saturated carbocycles. The second-order valence-electron chi connectivity index (χ2n) is 5.99. The number of aromatic amines is 1. The van der Waals surface area contributed by atoms with E-state index in [-0.39, 0.29) is 6.07 Å². The highest BCUT2D eigenvalue weighted by molar-refractivity contribution is 6.03. The van der Waals surface area contributed by atoms with E-state index in [0.29, 0.717) is 23.9 Å². The van der Waals surface area contributed by atoms with E-state index in [9.17, 15) is 35.5 Å². The third-order valence-corrected chi connectivity index (χ3v) is 4.00. The molecule has 2 N–H and O–H groups in total. The molecule has 152 valence electrons. The molecular weight excluding hydrogens is 405 g/mol. The van der Waals surface area contributed by atoms with Gasteiger partial charge < -0.3 is 10.3 Å². The molecule has 2 aromatic carbocycles.